The Labute approximate surface area is 216 Å². The zero-order valence-electron chi connectivity index (χ0n) is 20.4. The molecule has 0 radical (unpaired) electrons. The van der Waals surface area contributed by atoms with Crippen LogP contribution >= 0.6 is 11.3 Å². The van der Waals surface area contributed by atoms with Crippen molar-refractivity contribution in [1.82, 2.24) is 4.98 Å². The fourth-order valence-corrected chi connectivity index (χ4v) is 6.38. The van der Waals surface area contributed by atoms with Gasteiger partial charge in [0, 0.05) is 17.5 Å². The lowest BCUT2D eigenvalue weighted by molar-refractivity contribution is -0.132. The normalized spacial score (nSPS) is 20.5. The van der Waals surface area contributed by atoms with Crippen LogP contribution in [0.15, 0.2) is 60.2 Å². The first-order chi connectivity index (χ1) is 17.7. The number of halogens is 1. The van der Waals surface area contributed by atoms with E-state index in [9.17, 15) is 14.7 Å². The fraction of sp³-hybridized carbons (Fsp3) is 0.207. The molecule has 2 aliphatic rings. The van der Waals surface area contributed by atoms with Crippen molar-refractivity contribution in [3.63, 3.8) is 0 Å². The second-order valence-electron chi connectivity index (χ2n) is 9.57. The molecule has 186 valence electrons. The average Bonchev–Trinajstić information content (AvgIpc) is 3.52. The Balaban J connectivity index is 1.56. The van der Waals surface area contributed by atoms with Crippen LogP contribution in [-0.2, 0) is 16.0 Å². The molecule has 2 aliphatic heterocycles. The molecule has 1 amide bonds. The molecule has 1 N–H and O–H groups in total. The molecule has 1 fully saturated rings. The van der Waals surface area contributed by atoms with Gasteiger partial charge in [0.05, 0.1) is 15.8 Å². The molecule has 37 heavy (non-hydrogen) atoms. The summed E-state index contributed by atoms with van der Waals surface area (Å²) < 4.78 is 21.8. The van der Waals surface area contributed by atoms with E-state index in [4.69, 9.17) is 4.74 Å². The Hall–Kier alpha value is -4.04. The zero-order chi connectivity index (χ0) is 26.0. The molecule has 2 atom stereocenters. The van der Waals surface area contributed by atoms with Crippen LogP contribution in [0.5, 0.6) is 5.75 Å². The number of fused-ring (bicyclic) bond motifs is 2. The van der Waals surface area contributed by atoms with Gasteiger partial charge in [0.25, 0.3) is 5.78 Å². The molecule has 4 aromatic rings. The highest BCUT2D eigenvalue weighted by Gasteiger charge is 2.49. The second kappa shape index (κ2) is 8.52. The lowest BCUT2D eigenvalue weighted by Crippen LogP contribution is -2.29. The van der Waals surface area contributed by atoms with Gasteiger partial charge in [-0.2, -0.15) is 0 Å². The number of Topliss-reactive ketones (excluding diaryl/α,β-unsaturated/α-hetero) is 1. The minimum absolute atomic E-state index is 0.00233. The molecule has 8 heteroatoms. The van der Waals surface area contributed by atoms with Crippen LogP contribution in [0.1, 0.15) is 40.8 Å². The Morgan fingerprint density at radius 3 is 2.70 bits per heavy atom. The van der Waals surface area contributed by atoms with Crippen LogP contribution < -0.4 is 9.64 Å². The van der Waals surface area contributed by atoms with E-state index in [1.54, 1.807) is 24.3 Å². The van der Waals surface area contributed by atoms with E-state index in [1.807, 2.05) is 32.9 Å². The number of aryl methyl sites for hydroxylation is 2. The number of carbonyl (C=O) groups excluding carboxylic acids is 2. The van der Waals surface area contributed by atoms with Gasteiger partial charge in [-0.3, -0.25) is 14.5 Å². The number of rotatable bonds is 3. The third kappa shape index (κ3) is 3.71. The van der Waals surface area contributed by atoms with Crippen LogP contribution in [-0.4, -0.2) is 27.9 Å². The summed E-state index contributed by atoms with van der Waals surface area (Å²) in [5.41, 5.74) is 3.89. The number of carbonyl (C=O) groups is 2. The van der Waals surface area contributed by atoms with Crippen molar-refractivity contribution in [2.24, 2.45) is 0 Å². The summed E-state index contributed by atoms with van der Waals surface area (Å²) in [5, 5.41) is 11.7. The number of nitrogens with zero attached hydrogens (tertiary/aromatic N) is 2. The molecule has 0 bridgehead atoms. The highest BCUT2D eigenvalue weighted by molar-refractivity contribution is 7.22. The third-order valence-electron chi connectivity index (χ3n) is 6.84. The third-order valence-corrected chi connectivity index (χ3v) is 7.84. The Morgan fingerprint density at radius 1 is 1.14 bits per heavy atom. The van der Waals surface area contributed by atoms with Crippen LogP contribution in [0.3, 0.4) is 0 Å². The van der Waals surface area contributed by atoms with Crippen molar-refractivity contribution in [3.05, 3.63) is 93.8 Å². The topological polar surface area (TPSA) is 79.7 Å². The summed E-state index contributed by atoms with van der Waals surface area (Å²) in [4.78, 5) is 32.8. The van der Waals surface area contributed by atoms with Crippen molar-refractivity contribution in [1.29, 1.82) is 0 Å². The van der Waals surface area contributed by atoms with Crippen molar-refractivity contribution in [2.45, 2.75) is 39.3 Å². The molecule has 6 nitrogen and oxygen atoms in total. The quantitative estimate of drug-likeness (QED) is 0.206. The van der Waals surface area contributed by atoms with Crippen LogP contribution in [0.2, 0.25) is 0 Å². The Kier molecular flexibility index (Phi) is 5.38. The number of thiazole rings is 1. The van der Waals surface area contributed by atoms with E-state index in [0.717, 1.165) is 27.1 Å². The largest absolute Gasteiger partial charge is 0.507 e. The maximum atomic E-state index is 15.2. The molecule has 3 aromatic carbocycles. The number of hydrogen-bond donors (Lipinski definition) is 1. The highest BCUT2D eigenvalue weighted by atomic mass is 32.1. The van der Waals surface area contributed by atoms with Crippen molar-refractivity contribution in [3.8, 4) is 5.75 Å². The number of anilines is 1. The van der Waals surface area contributed by atoms with Crippen LogP contribution in [0.25, 0.3) is 16.0 Å². The number of hydrogen-bond acceptors (Lipinski definition) is 6. The first-order valence-corrected chi connectivity index (χ1v) is 12.8. The van der Waals surface area contributed by atoms with Gasteiger partial charge in [0.1, 0.15) is 29.5 Å². The van der Waals surface area contributed by atoms with Gasteiger partial charge in [-0.1, -0.05) is 35.6 Å². The minimum atomic E-state index is -1.17. The molecule has 1 saturated heterocycles. The summed E-state index contributed by atoms with van der Waals surface area (Å²) in [5.74, 6) is -1.97. The van der Waals surface area contributed by atoms with Gasteiger partial charge in [0.15, 0.2) is 5.13 Å². The summed E-state index contributed by atoms with van der Waals surface area (Å²) in [7, 11) is 0. The molecule has 1 aromatic heterocycles. The van der Waals surface area contributed by atoms with Gasteiger partial charge in [-0.15, -0.1) is 0 Å². The van der Waals surface area contributed by atoms with Gasteiger partial charge in [-0.05, 0) is 67.8 Å². The predicted octanol–water partition coefficient (Wildman–Crippen LogP) is 6.00. The number of aliphatic hydroxyl groups is 1. The number of amides is 1. The molecule has 2 unspecified atom stereocenters. The van der Waals surface area contributed by atoms with E-state index in [0.29, 0.717) is 17.5 Å². The van der Waals surface area contributed by atoms with Crippen molar-refractivity contribution < 1.29 is 23.8 Å². The molecular formula is C29H23FN2O4S. The second-order valence-corrected chi connectivity index (χ2v) is 10.6. The van der Waals surface area contributed by atoms with Gasteiger partial charge < -0.3 is 9.84 Å². The van der Waals surface area contributed by atoms with Crippen LogP contribution in [0.4, 0.5) is 9.52 Å². The van der Waals surface area contributed by atoms with E-state index in [1.165, 1.54) is 34.4 Å². The van der Waals surface area contributed by atoms with Crippen molar-refractivity contribution in [2.75, 3.05) is 4.90 Å². The molecule has 3 heterocycles. The number of ketones is 1. The molecule has 0 saturated carbocycles. The van der Waals surface area contributed by atoms with Gasteiger partial charge in [0.2, 0.25) is 0 Å². The van der Waals surface area contributed by atoms with E-state index in [-0.39, 0.29) is 28.1 Å². The van der Waals surface area contributed by atoms with E-state index in [2.05, 4.69) is 4.98 Å². The van der Waals surface area contributed by atoms with E-state index >= 15 is 4.39 Å². The highest BCUT2D eigenvalue weighted by Crippen LogP contribution is 2.45. The Morgan fingerprint density at radius 2 is 1.92 bits per heavy atom. The molecular weight excluding hydrogens is 491 g/mol. The van der Waals surface area contributed by atoms with Crippen molar-refractivity contribution >= 4 is 44.1 Å². The molecule has 6 rings (SSSR count). The fourth-order valence-electron chi connectivity index (χ4n) is 5.21. The zero-order valence-corrected chi connectivity index (χ0v) is 21.2. The molecule has 0 aliphatic carbocycles. The summed E-state index contributed by atoms with van der Waals surface area (Å²) in [6.07, 6.45) is 0.661. The molecule has 0 spiro atoms. The van der Waals surface area contributed by atoms with Gasteiger partial charge in [-0.25, -0.2) is 9.37 Å². The number of benzene rings is 3. The monoisotopic (exact) mass is 514 g/mol. The maximum Gasteiger partial charge on any atom is 0.301 e. The predicted molar refractivity (Wildman–Crippen MR) is 141 cm³/mol. The average molecular weight is 515 g/mol. The number of aliphatic hydroxyl groups excluding tert-OH is 1. The lowest BCUT2D eigenvalue weighted by atomic mass is 9.94. The SMILES string of the molecule is Cc1cc(C)c2nc(N3C(=O)C(=O)C(=C(O)c4ccc5c(c4)CC(C)O5)C3c3ccccc3F)sc2c1. The standard InChI is InChI=1S/C29H23FN2O4S/c1-14-10-15(2)24-22(11-14)37-29(31-24)32-25(19-6-4-5-7-20(19)30)23(27(34)28(32)35)26(33)17-8-9-21-18(13-17)12-16(3)36-21/h4-11,13,16,25,33H,12H2,1-3H3. The first kappa shape index (κ1) is 23.4. The van der Waals surface area contributed by atoms with Gasteiger partial charge >= 0.3 is 5.91 Å². The Bertz CT molecular complexity index is 1660. The van der Waals surface area contributed by atoms with Crippen LogP contribution in [0, 0.1) is 19.7 Å². The smallest absolute Gasteiger partial charge is 0.301 e. The number of ether oxygens (including phenoxy) is 1. The summed E-state index contributed by atoms with van der Waals surface area (Å²) >= 11 is 1.26. The maximum absolute atomic E-state index is 15.2. The summed E-state index contributed by atoms with van der Waals surface area (Å²) in [6.45, 7) is 5.85. The van der Waals surface area contributed by atoms with E-state index < -0.39 is 23.5 Å². The number of aromatic nitrogens is 1. The lowest BCUT2D eigenvalue weighted by Gasteiger charge is -2.23. The minimum Gasteiger partial charge on any atom is -0.507 e. The summed E-state index contributed by atoms with van der Waals surface area (Å²) in [6, 6.07) is 13.9. The first-order valence-electron chi connectivity index (χ1n) is 12.0.